The van der Waals surface area contributed by atoms with Crippen LogP contribution < -0.4 is 10.0 Å². The number of sulfonamides is 1. The molecule has 0 bridgehead atoms. The van der Waals surface area contributed by atoms with Crippen molar-refractivity contribution in [1.82, 2.24) is 5.32 Å². The second-order valence-corrected chi connectivity index (χ2v) is 7.86. The third kappa shape index (κ3) is 4.97. The molecular weight excluding hydrogens is 348 g/mol. The summed E-state index contributed by atoms with van der Waals surface area (Å²) >= 11 is 5.78. The standard InChI is InChI=1S/C17H19ClN2O3S/c1-12(2)11-19-17(21)13-3-9-16(10-4-13)24(22,23)20-15-7-5-14(18)6-8-15/h3-10,12,20H,11H2,1-2H3,(H,19,21). The van der Waals surface area contributed by atoms with Gasteiger partial charge in [0.2, 0.25) is 0 Å². The van der Waals surface area contributed by atoms with Crippen LogP contribution in [0.4, 0.5) is 5.69 Å². The van der Waals surface area contributed by atoms with E-state index in [0.29, 0.717) is 28.7 Å². The zero-order chi connectivity index (χ0) is 17.7. The molecule has 0 aromatic heterocycles. The molecule has 0 saturated carbocycles. The number of hydrogen-bond acceptors (Lipinski definition) is 3. The van der Waals surface area contributed by atoms with Crippen LogP contribution in [-0.4, -0.2) is 20.9 Å². The molecule has 0 unspecified atom stereocenters. The van der Waals surface area contributed by atoms with Crippen molar-refractivity contribution in [3.8, 4) is 0 Å². The first-order valence-corrected chi connectivity index (χ1v) is 9.31. The van der Waals surface area contributed by atoms with Gasteiger partial charge in [0.25, 0.3) is 15.9 Å². The smallest absolute Gasteiger partial charge is 0.261 e. The molecule has 0 aliphatic carbocycles. The number of amides is 1. The molecule has 2 aromatic rings. The lowest BCUT2D eigenvalue weighted by Crippen LogP contribution is -2.27. The van der Waals surface area contributed by atoms with E-state index < -0.39 is 10.0 Å². The van der Waals surface area contributed by atoms with Crippen LogP contribution in [0.3, 0.4) is 0 Å². The lowest BCUT2D eigenvalue weighted by molar-refractivity contribution is 0.0949. The van der Waals surface area contributed by atoms with Crippen molar-refractivity contribution in [2.75, 3.05) is 11.3 Å². The van der Waals surface area contributed by atoms with Crippen molar-refractivity contribution in [3.05, 3.63) is 59.1 Å². The number of carbonyl (C=O) groups is 1. The number of nitrogens with one attached hydrogen (secondary N) is 2. The van der Waals surface area contributed by atoms with Gasteiger partial charge in [0, 0.05) is 22.8 Å². The lowest BCUT2D eigenvalue weighted by atomic mass is 10.2. The Bertz CT molecular complexity index is 801. The summed E-state index contributed by atoms with van der Waals surface area (Å²) in [4.78, 5) is 12.0. The van der Waals surface area contributed by atoms with E-state index in [1.54, 1.807) is 24.3 Å². The maximum Gasteiger partial charge on any atom is 0.261 e. The molecule has 7 heteroatoms. The van der Waals surface area contributed by atoms with Crippen LogP contribution in [0.25, 0.3) is 0 Å². The Kier molecular flexibility index (Phi) is 5.85. The van der Waals surface area contributed by atoms with Gasteiger partial charge in [-0.3, -0.25) is 9.52 Å². The second kappa shape index (κ2) is 7.68. The molecule has 0 atom stereocenters. The monoisotopic (exact) mass is 366 g/mol. The van der Waals surface area contributed by atoms with Crippen molar-refractivity contribution in [2.24, 2.45) is 5.92 Å². The fraction of sp³-hybridized carbons (Fsp3) is 0.235. The molecule has 0 fully saturated rings. The highest BCUT2D eigenvalue weighted by molar-refractivity contribution is 7.92. The van der Waals surface area contributed by atoms with E-state index in [9.17, 15) is 13.2 Å². The Hall–Kier alpha value is -2.05. The summed E-state index contributed by atoms with van der Waals surface area (Å²) in [5, 5.41) is 3.31. The molecule has 2 rings (SSSR count). The third-order valence-electron chi connectivity index (χ3n) is 3.19. The van der Waals surface area contributed by atoms with Gasteiger partial charge in [-0.25, -0.2) is 8.42 Å². The Labute approximate surface area is 147 Å². The molecule has 128 valence electrons. The van der Waals surface area contributed by atoms with E-state index in [2.05, 4.69) is 10.0 Å². The van der Waals surface area contributed by atoms with Crippen LogP contribution in [0, 0.1) is 5.92 Å². The summed E-state index contributed by atoms with van der Waals surface area (Å²) in [5.74, 6) is 0.121. The van der Waals surface area contributed by atoms with Crippen LogP contribution >= 0.6 is 11.6 Å². The first-order valence-electron chi connectivity index (χ1n) is 7.44. The SMILES string of the molecule is CC(C)CNC(=O)c1ccc(S(=O)(=O)Nc2ccc(Cl)cc2)cc1. The lowest BCUT2D eigenvalue weighted by Gasteiger charge is -2.10. The van der Waals surface area contributed by atoms with Crippen LogP contribution in [0.1, 0.15) is 24.2 Å². The zero-order valence-electron chi connectivity index (χ0n) is 13.4. The van der Waals surface area contributed by atoms with E-state index in [1.165, 1.54) is 24.3 Å². The van der Waals surface area contributed by atoms with Gasteiger partial charge in [-0.2, -0.15) is 0 Å². The molecule has 5 nitrogen and oxygen atoms in total. The van der Waals surface area contributed by atoms with Crippen molar-refractivity contribution < 1.29 is 13.2 Å². The molecule has 0 aliphatic rings. The Balaban J connectivity index is 2.11. The second-order valence-electron chi connectivity index (χ2n) is 5.74. The minimum absolute atomic E-state index is 0.0814. The van der Waals surface area contributed by atoms with Crippen LogP contribution in [0.5, 0.6) is 0 Å². The fourth-order valence-electron chi connectivity index (χ4n) is 1.92. The highest BCUT2D eigenvalue weighted by atomic mass is 35.5. The average Bonchev–Trinajstić information content (AvgIpc) is 2.54. The average molecular weight is 367 g/mol. The summed E-state index contributed by atoms with van der Waals surface area (Å²) in [5.41, 5.74) is 0.833. The minimum atomic E-state index is -3.72. The summed E-state index contributed by atoms with van der Waals surface area (Å²) in [6.07, 6.45) is 0. The summed E-state index contributed by atoms with van der Waals surface area (Å²) < 4.78 is 27.1. The highest BCUT2D eigenvalue weighted by Gasteiger charge is 2.15. The van der Waals surface area contributed by atoms with Crippen molar-refractivity contribution >= 4 is 33.2 Å². The van der Waals surface area contributed by atoms with E-state index in [4.69, 9.17) is 11.6 Å². The number of hydrogen-bond donors (Lipinski definition) is 2. The molecule has 0 aliphatic heterocycles. The molecule has 2 aromatic carbocycles. The van der Waals surface area contributed by atoms with Crippen molar-refractivity contribution in [3.63, 3.8) is 0 Å². The van der Waals surface area contributed by atoms with Gasteiger partial charge in [-0.1, -0.05) is 25.4 Å². The van der Waals surface area contributed by atoms with E-state index in [1.807, 2.05) is 13.8 Å². The maximum atomic E-state index is 12.3. The van der Waals surface area contributed by atoms with Gasteiger partial charge >= 0.3 is 0 Å². The molecular formula is C17H19ClN2O3S. The summed E-state index contributed by atoms with van der Waals surface area (Å²) in [6, 6.07) is 12.1. The Morgan fingerprint density at radius 2 is 1.62 bits per heavy atom. The third-order valence-corrected chi connectivity index (χ3v) is 4.84. The number of carbonyl (C=O) groups excluding carboxylic acids is 1. The summed E-state index contributed by atoms with van der Waals surface area (Å²) in [6.45, 7) is 4.56. The number of rotatable bonds is 6. The largest absolute Gasteiger partial charge is 0.352 e. The number of anilines is 1. The van der Waals surface area contributed by atoms with Gasteiger partial charge in [-0.15, -0.1) is 0 Å². The van der Waals surface area contributed by atoms with Gasteiger partial charge in [0.05, 0.1) is 4.90 Å². The van der Waals surface area contributed by atoms with Crippen molar-refractivity contribution in [1.29, 1.82) is 0 Å². The fourth-order valence-corrected chi connectivity index (χ4v) is 3.10. The maximum absolute atomic E-state index is 12.3. The molecule has 0 saturated heterocycles. The minimum Gasteiger partial charge on any atom is -0.352 e. The van der Waals surface area contributed by atoms with Gasteiger partial charge in [-0.05, 0) is 54.4 Å². The topological polar surface area (TPSA) is 75.3 Å². The van der Waals surface area contributed by atoms with Gasteiger partial charge in [0.15, 0.2) is 0 Å². The number of benzene rings is 2. The van der Waals surface area contributed by atoms with Gasteiger partial charge in [0.1, 0.15) is 0 Å². The predicted octanol–water partition coefficient (Wildman–Crippen LogP) is 3.53. The molecule has 1 amide bonds. The molecule has 0 spiro atoms. The molecule has 0 radical (unpaired) electrons. The molecule has 2 N–H and O–H groups in total. The van der Waals surface area contributed by atoms with Crippen molar-refractivity contribution in [2.45, 2.75) is 18.7 Å². The van der Waals surface area contributed by atoms with Crippen LogP contribution in [-0.2, 0) is 10.0 Å². The van der Waals surface area contributed by atoms with E-state index in [0.717, 1.165) is 0 Å². The van der Waals surface area contributed by atoms with Crippen LogP contribution in [0.2, 0.25) is 5.02 Å². The first kappa shape index (κ1) is 18.3. The quantitative estimate of drug-likeness (QED) is 0.821. The highest BCUT2D eigenvalue weighted by Crippen LogP contribution is 2.18. The predicted molar refractivity (Wildman–Crippen MR) is 95.9 cm³/mol. The Morgan fingerprint density at radius 3 is 2.17 bits per heavy atom. The first-order chi connectivity index (χ1) is 11.3. The van der Waals surface area contributed by atoms with E-state index in [-0.39, 0.29) is 10.8 Å². The molecule has 0 heterocycles. The van der Waals surface area contributed by atoms with Gasteiger partial charge < -0.3 is 5.32 Å². The molecule has 24 heavy (non-hydrogen) atoms. The van der Waals surface area contributed by atoms with E-state index >= 15 is 0 Å². The summed E-state index contributed by atoms with van der Waals surface area (Å²) in [7, 11) is -3.72. The number of halogens is 1. The normalized spacial score (nSPS) is 11.3. The van der Waals surface area contributed by atoms with Crippen LogP contribution in [0.15, 0.2) is 53.4 Å². The Morgan fingerprint density at radius 1 is 1.04 bits per heavy atom. The zero-order valence-corrected chi connectivity index (χ0v) is 15.0.